The normalized spacial score (nSPS) is 10.4. The number of hydrogen-bond donors (Lipinski definition) is 0. The largest absolute Gasteiger partial charge is 0.334 e. The zero-order chi connectivity index (χ0) is 10.1. The Morgan fingerprint density at radius 3 is 3.00 bits per heavy atom. The highest BCUT2D eigenvalue weighted by atomic mass is 16.2. The van der Waals surface area contributed by atoms with Crippen molar-refractivity contribution in [3.63, 3.8) is 0 Å². The summed E-state index contributed by atoms with van der Waals surface area (Å²) in [5.41, 5.74) is 2.04. The van der Waals surface area contributed by atoms with E-state index in [0.717, 1.165) is 11.0 Å². The number of benzene rings is 1. The van der Waals surface area contributed by atoms with Crippen LogP contribution < -0.4 is 0 Å². The second kappa shape index (κ2) is 3.06. The van der Waals surface area contributed by atoms with E-state index in [4.69, 9.17) is 0 Å². The van der Waals surface area contributed by atoms with Crippen LogP contribution in [-0.4, -0.2) is 21.6 Å². The van der Waals surface area contributed by atoms with Gasteiger partial charge in [0.25, 0.3) is 0 Å². The van der Waals surface area contributed by atoms with Crippen molar-refractivity contribution in [3.05, 3.63) is 30.1 Å². The molecule has 14 heavy (non-hydrogen) atoms. The molecule has 0 unspecified atom stereocenters. The van der Waals surface area contributed by atoms with Gasteiger partial charge in [-0.3, -0.25) is 9.59 Å². The lowest BCUT2D eigenvalue weighted by atomic mass is 10.1. The van der Waals surface area contributed by atoms with E-state index < -0.39 is 5.78 Å². The highest BCUT2D eigenvalue weighted by Crippen LogP contribution is 2.13. The summed E-state index contributed by atoms with van der Waals surface area (Å²) >= 11 is 0. The summed E-state index contributed by atoms with van der Waals surface area (Å²) in [7, 11) is 1.87. The zero-order valence-electron chi connectivity index (χ0n) is 7.60. The highest BCUT2D eigenvalue weighted by Gasteiger charge is 2.06. The van der Waals surface area contributed by atoms with Crippen molar-refractivity contribution in [3.8, 4) is 0 Å². The first-order chi connectivity index (χ1) is 6.72. The van der Waals surface area contributed by atoms with Crippen molar-refractivity contribution in [1.82, 2.24) is 9.55 Å². The third-order valence-electron chi connectivity index (χ3n) is 2.12. The van der Waals surface area contributed by atoms with Gasteiger partial charge in [0.05, 0.1) is 17.4 Å². The maximum Gasteiger partial charge on any atom is 0.225 e. The summed E-state index contributed by atoms with van der Waals surface area (Å²) in [6.45, 7) is 0. The molecule has 1 heterocycles. The van der Waals surface area contributed by atoms with Crippen LogP contribution in [0.5, 0.6) is 0 Å². The van der Waals surface area contributed by atoms with E-state index in [0.29, 0.717) is 11.8 Å². The Morgan fingerprint density at radius 1 is 1.50 bits per heavy atom. The fourth-order valence-corrected chi connectivity index (χ4v) is 1.36. The van der Waals surface area contributed by atoms with Crippen molar-refractivity contribution in [2.75, 3.05) is 0 Å². The molecule has 0 N–H and O–H groups in total. The van der Waals surface area contributed by atoms with Gasteiger partial charge >= 0.3 is 0 Å². The number of ketones is 1. The van der Waals surface area contributed by atoms with Gasteiger partial charge in [-0.25, -0.2) is 4.98 Å². The number of aryl methyl sites for hydroxylation is 1. The summed E-state index contributed by atoms with van der Waals surface area (Å²) in [4.78, 5) is 25.4. The Kier molecular flexibility index (Phi) is 1.89. The van der Waals surface area contributed by atoms with Crippen molar-refractivity contribution in [2.24, 2.45) is 7.05 Å². The Hall–Kier alpha value is -1.97. The molecule has 0 fully saturated rings. The lowest BCUT2D eigenvalue weighted by Gasteiger charge is -1.95. The van der Waals surface area contributed by atoms with E-state index >= 15 is 0 Å². The summed E-state index contributed by atoms with van der Waals surface area (Å²) < 4.78 is 1.85. The topological polar surface area (TPSA) is 52.0 Å². The van der Waals surface area contributed by atoms with Gasteiger partial charge in [0.15, 0.2) is 6.29 Å². The molecule has 0 atom stereocenters. The smallest absolute Gasteiger partial charge is 0.225 e. The molecule has 2 rings (SSSR count). The number of aromatic nitrogens is 2. The second-order valence-corrected chi connectivity index (χ2v) is 3.04. The lowest BCUT2D eigenvalue weighted by Crippen LogP contribution is -1.99. The van der Waals surface area contributed by atoms with Crippen LogP contribution in [0.3, 0.4) is 0 Å². The molecule has 1 aromatic carbocycles. The minimum absolute atomic E-state index is 0.310. The molecule has 0 aliphatic carbocycles. The number of aldehydes is 1. The molecule has 0 spiro atoms. The third-order valence-corrected chi connectivity index (χ3v) is 2.12. The number of fused-ring (bicyclic) bond motifs is 1. The minimum Gasteiger partial charge on any atom is -0.334 e. The number of rotatable bonds is 2. The van der Waals surface area contributed by atoms with Gasteiger partial charge in [0.2, 0.25) is 5.78 Å². The first-order valence-corrected chi connectivity index (χ1v) is 4.13. The van der Waals surface area contributed by atoms with Gasteiger partial charge < -0.3 is 4.57 Å². The van der Waals surface area contributed by atoms with E-state index in [-0.39, 0.29) is 0 Å². The number of Topliss-reactive ketones (excluding diaryl/α,β-unsaturated/α-hetero) is 1. The van der Waals surface area contributed by atoms with Crippen molar-refractivity contribution < 1.29 is 9.59 Å². The molecular formula is C10H8N2O2. The molecule has 0 radical (unpaired) electrons. The lowest BCUT2D eigenvalue weighted by molar-refractivity contribution is -0.104. The average Bonchev–Trinajstić information content (AvgIpc) is 2.59. The number of hydrogen-bond acceptors (Lipinski definition) is 3. The highest BCUT2D eigenvalue weighted by molar-refractivity contribution is 6.33. The maximum absolute atomic E-state index is 11.1. The standard InChI is InChI=1S/C10H8N2O2/c1-12-6-11-8-4-7(10(14)5-13)2-3-9(8)12/h2-6H,1H3. The van der Waals surface area contributed by atoms with Crippen LogP contribution in [0.4, 0.5) is 0 Å². The van der Waals surface area contributed by atoms with Gasteiger partial charge in [-0.2, -0.15) is 0 Å². The quantitative estimate of drug-likeness (QED) is 0.400. The molecule has 0 aliphatic heterocycles. The van der Waals surface area contributed by atoms with Gasteiger partial charge in [-0.1, -0.05) is 0 Å². The van der Waals surface area contributed by atoms with Crippen molar-refractivity contribution in [2.45, 2.75) is 0 Å². The average molecular weight is 188 g/mol. The predicted octanol–water partition coefficient (Wildman–Crippen LogP) is 0.955. The Labute approximate surface area is 80.2 Å². The molecule has 0 saturated heterocycles. The van der Waals surface area contributed by atoms with Crippen molar-refractivity contribution >= 4 is 23.1 Å². The number of carbonyl (C=O) groups is 2. The van der Waals surface area contributed by atoms with Crippen LogP contribution >= 0.6 is 0 Å². The SMILES string of the molecule is Cn1cnc2cc(C(=O)C=O)ccc21. The second-order valence-electron chi connectivity index (χ2n) is 3.04. The monoisotopic (exact) mass is 188 g/mol. The number of carbonyl (C=O) groups excluding carboxylic acids is 2. The molecule has 0 bridgehead atoms. The van der Waals surface area contributed by atoms with Crippen LogP contribution in [-0.2, 0) is 11.8 Å². The Morgan fingerprint density at radius 2 is 2.29 bits per heavy atom. The third kappa shape index (κ3) is 1.21. The summed E-state index contributed by atoms with van der Waals surface area (Å²) in [5, 5.41) is 0. The van der Waals surface area contributed by atoms with Crippen LogP contribution in [0.15, 0.2) is 24.5 Å². The molecule has 4 heteroatoms. The van der Waals surface area contributed by atoms with Gasteiger partial charge in [0, 0.05) is 12.6 Å². The van der Waals surface area contributed by atoms with Gasteiger partial charge in [-0.15, -0.1) is 0 Å². The molecule has 4 nitrogen and oxygen atoms in total. The van der Waals surface area contributed by atoms with Gasteiger partial charge in [-0.05, 0) is 18.2 Å². The van der Waals surface area contributed by atoms with Crippen LogP contribution in [0.25, 0.3) is 11.0 Å². The van der Waals surface area contributed by atoms with E-state index in [1.54, 1.807) is 24.5 Å². The number of imidazole rings is 1. The maximum atomic E-state index is 11.1. The van der Waals surface area contributed by atoms with E-state index in [9.17, 15) is 9.59 Å². The van der Waals surface area contributed by atoms with E-state index in [1.807, 2.05) is 11.6 Å². The summed E-state index contributed by atoms with van der Waals surface area (Å²) in [5.74, 6) is -0.516. The van der Waals surface area contributed by atoms with Crippen LogP contribution in [0.2, 0.25) is 0 Å². The molecule has 0 amide bonds. The van der Waals surface area contributed by atoms with Crippen LogP contribution in [0.1, 0.15) is 10.4 Å². The fraction of sp³-hybridized carbons (Fsp3) is 0.100. The molecule has 70 valence electrons. The Bertz CT molecular complexity index is 514. The van der Waals surface area contributed by atoms with E-state index in [2.05, 4.69) is 4.98 Å². The predicted molar refractivity (Wildman–Crippen MR) is 51.1 cm³/mol. The minimum atomic E-state index is -0.516. The molecule has 2 aromatic rings. The molecule has 0 aliphatic rings. The van der Waals surface area contributed by atoms with Crippen LogP contribution in [0, 0.1) is 0 Å². The van der Waals surface area contributed by atoms with Crippen molar-refractivity contribution in [1.29, 1.82) is 0 Å². The first-order valence-electron chi connectivity index (χ1n) is 4.13. The summed E-state index contributed by atoms with van der Waals surface area (Å²) in [6.07, 6.45) is 1.98. The molecule has 1 aromatic heterocycles. The first kappa shape index (κ1) is 8.62. The zero-order valence-corrected chi connectivity index (χ0v) is 7.60. The fourth-order valence-electron chi connectivity index (χ4n) is 1.36. The summed E-state index contributed by atoms with van der Waals surface area (Å²) in [6, 6.07) is 5.02. The van der Waals surface area contributed by atoms with Gasteiger partial charge in [0.1, 0.15) is 0 Å². The molecule has 0 saturated carbocycles. The molecular weight excluding hydrogens is 180 g/mol. The number of nitrogens with zero attached hydrogens (tertiary/aromatic N) is 2. The van der Waals surface area contributed by atoms with E-state index in [1.165, 1.54) is 0 Å². The Balaban J connectivity index is 2.62.